The molecule has 2 aromatic carbocycles. The summed E-state index contributed by atoms with van der Waals surface area (Å²) in [6.45, 7) is 3.89. The van der Waals surface area contributed by atoms with Crippen molar-refractivity contribution in [1.29, 1.82) is 0 Å². The van der Waals surface area contributed by atoms with Crippen molar-refractivity contribution >= 4 is 17.5 Å². The van der Waals surface area contributed by atoms with Crippen molar-refractivity contribution in [2.45, 2.75) is 32.4 Å². The number of para-hydroxylation sites is 1. The van der Waals surface area contributed by atoms with Gasteiger partial charge in [-0.1, -0.05) is 48.5 Å². The van der Waals surface area contributed by atoms with Gasteiger partial charge in [0.2, 0.25) is 11.8 Å². The SMILES string of the molecule is C[C@@H](C(=O)NCc1ccccc1)N1CCC[C@@H](C(=O)Nc2ccccc2)C1. The fraction of sp³-hybridized carbons (Fsp3) is 0.364. The molecule has 5 nitrogen and oxygen atoms in total. The summed E-state index contributed by atoms with van der Waals surface area (Å²) >= 11 is 0. The Labute approximate surface area is 160 Å². The molecule has 0 spiro atoms. The Morgan fingerprint density at radius 3 is 2.44 bits per heavy atom. The number of anilines is 1. The van der Waals surface area contributed by atoms with Gasteiger partial charge in [0.25, 0.3) is 0 Å². The van der Waals surface area contributed by atoms with Crippen LogP contribution in [0.25, 0.3) is 0 Å². The van der Waals surface area contributed by atoms with Crippen LogP contribution in [0.5, 0.6) is 0 Å². The summed E-state index contributed by atoms with van der Waals surface area (Å²) in [7, 11) is 0. The first-order valence-electron chi connectivity index (χ1n) is 9.55. The lowest BCUT2D eigenvalue weighted by Crippen LogP contribution is -2.50. The summed E-state index contributed by atoms with van der Waals surface area (Å²) in [5.41, 5.74) is 1.89. The summed E-state index contributed by atoms with van der Waals surface area (Å²) < 4.78 is 0. The van der Waals surface area contributed by atoms with E-state index in [4.69, 9.17) is 0 Å². The van der Waals surface area contributed by atoms with Gasteiger partial charge in [-0.2, -0.15) is 0 Å². The molecule has 5 heteroatoms. The Balaban J connectivity index is 1.51. The summed E-state index contributed by atoms with van der Waals surface area (Å²) in [4.78, 5) is 27.2. The third kappa shape index (κ3) is 5.41. The minimum Gasteiger partial charge on any atom is -0.351 e. The number of amides is 2. The first-order valence-corrected chi connectivity index (χ1v) is 9.55. The second-order valence-electron chi connectivity index (χ2n) is 7.07. The molecule has 0 aliphatic carbocycles. The van der Waals surface area contributed by atoms with Gasteiger partial charge in [0.05, 0.1) is 12.0 Å². The van der Waals surface area contributed by atoms with E-state index in [1.54, 1.807) is 0 Å². The first-order chi connectivity index (χ1) is 13.1. The van der Waals surface area contributed by atoms with Crippen LogP contribution in [0, 0.1) is 5.92 Å². The molecule has 0 radical (unpaired) electrons. The van der Waals surface area contributed by atoms with Crippen molar-refractivity contribution in [2.24, 2.45) is 5.92 Å². The minimum atomic E-state index is -0.249. The van der Waals surface area contributed by atoms with Crippen molar-refractivity contribution in [3.8, 4) is 0 Å². The standard InChI is InChI=1S/C22H27N3O2/c1-17(21(26)23-15-18-9-4-2-5-10-18)25-14-8-11-19(16-25)22(27)24-20-12-6-3-7-13-20/h2-7,9-10,12-13,17,19H,8,11,14-16H2,1H3,(H,23,26)(H,24,27)/t17-,19+/m0/s1. The monoisotopic (exact) mass is 365 g/mol. The topological polar surface area (TPSA) is 61.4 Å². The highest BCUT2D eigenvalue weighted by atomic mass is 16.2. The quantitative estimate of drug-likeness (QED) is 0.827. The molecule has 0 unspecified atom stereocenters. The van der Waals surface area contributed by atoms with Crippen molar-refractivity contribution in [3.63, 3.8) is 0 Å². The van der Waals surface area contributed by atoms with E-state index < -0.39 is 0 Å². The molecule has 2 N–H and O–H groups in total. The number of hydrogen-bond acceptors (Lipinski definition) is 3. The number of carbonyl (C=O) groups is 2. The second-order valence-corrected chi connectivity index (χ2v) is 7.07. The van der Waals surface area contributed by atoms with Crippen LogP contribution >= 0.6 is 0 Å². The zero-order valence-electron chi connectivity index (χ0n) is 15.7. The van der Waals surface area contributed by atoms with Crippen LogP contribution in [0.2, 0.25) is 0 Å². The Kier molecular flexibility index (Phi) is 6.60. The molecular weight excluding hydrogens is 338 g/mol. The fourth-order valence-corrected chi connectivity index (χ4v) is 3.44. The molecule has 1 aliphatic rings. The van der Waals surface area contributed by atoms with E-state index in [-0.39, 0.29) is 23.8 Å². The summed E-state index contributed by atoms with van der Waals surface area (Å²) in [6.07, 6.45) is 1.77. The highest BCUT2D eigenvalue weighted by molar-refractivity contribution is 5.92. The van der Waals surface area contributed by atoms with Gasteiger partial charge in [0, 0.05) is 18.8 Å². The number of nitrogens with zero attached hydrogens (tertiary/aromatic N) is 1. The van der Waals surface area contributed by atoms with Gasteiger partial charge >= 0.3 is 0 Å². The summed E-state index contributed by atoms with van der Waals surface area (Å²) in [6, 6.07) is 19.1. The van der Waals surface area contributed by atoms with Crippen LogP contribution in [0.1, 0.15) is 25.3 Å². The smallest absolute Gasteiger partial charge is 0.237 e. The molecule has 0 saturated carbocycles. The highest BCUT2D eigenvalue weighted by Crippen LogP contribution is 2.20. The summed E-state index contributed by atoms with van der Waals surface area (Å²) in [5, 5.41) is 5.98. The van der Waals surface area contributed by atoms with E-state index in [0.717, 1.165) is 30.6 Å². The number of benzene rings is 2. The second kappa shape index (κ2) is 9.33. The predicted molar refractivity (Wildman–Crippen MR) is 107 cm³/mol. The van der Waals surface area contributed by atoms with Gasteiger partial charge in [-0.25, -0.2) is 0 Å². The molecule has 142 valence electrons. The van der Waals surface area contributed by atoms with Gasteiger partial charge in [0.15, 0.2) is 0 Å². The van der Waals surface area contributed by atoms with Gasteiger partial charge in [-0.05, 0) is 44.0 Å². The van der Waals surface area contributed by atoms with Gasteiger partial charge in [0.1, 0.15) is 0 Å². The lowest BCUT2D eigenvalue weighted by Gasteiger charge is -2.35. The number of piperidine rings is 1. The Morgan fingerprint density at radius 2 is 1.74 bits per heavy atom. The van der Waals surface area contributed by atoms with Crippen LogP contribution in [-0.2, 0) is 16.1 Å². The molecule has 3 rings (SSSR count). The van der Waals surface area contributed by atoms with Gasteiger partial charge in [-0.3, -0.25) is 14.5 Å². The van der Waals surface area contributed by atoms with E-state index in [9.17, 15) is 9.59 Å². The van der Waals surface area contributed by atoms with Crippen LogP contribution in [0.3, 0.4) is 0 Å². The lowest BCUT2D eigenvalue weighted by atomic mass is 9.95. The fourth-order valence-electron chi connectivity index (χ4n) is 3.44. The molecule has 1 heterocycles. The Bertz CT molecular complexity index is 749. The van der Waals surface area contributed by atoms with Crippen molar-refractivity contribution in [1.82, 2.24) is 10.2 Å². The zero-order valence-corrected chi connectivity index (χ0v) is 15.7. The van der Waals surface area contributed by atoms with E-state index >= 15 is 0 Å². The van der Waals surface area contributed by atoms with E-state index in [2.05, 4.69) is 15.5 Å². The molecule has 1 saturated heterocycles. The van der Waals surface area contributed by atoms with E-state index in [0.29, 0.717) is 13.1 Å². The molecule has 1 fully saturated rings. The number of nitrogens with one attached hydrogen (secondary N) is 2. The molecule has 27 heavy (non-hydrogen) atoms. The highest BCUT2D eigenvalue weighted by Gasteiger charge is 2.30. The molecule has 0 aromatic heterocycles. The third-order valence-corrected chi connectivity index (χ3v) is 5.10. The maximum Gasteiger partial charge on any atom is 0.237 e. The van der Waals surface area contributed by atoms with E-state index in [1.165, 1.54) is 0 Å². The molecule has 1 aliphatic heterocycles. The molecular formula is C22H27N3O2. The molecule has 2 amide bonds. The number of hydrogen-bond donors (Lipinski definition) is 2. The van der Waals surface area contributed by atoms with Gasteiger partial charge in [-0.15, -0.1) is 0 Å². The van der Waals surface area contributed by atoms with Crippen molar-refractivity contribution in [3.05, 3.63) is 66.2 Å². The molecule has 0 bridgehead atoms. The number of rotatable bonds is 6. The number of carbonyl (C=O) groups excluding carboxylic acids is 2. The normalized spacial score (nSPS) is 18.5. The average Bonchev–Trinajstić information content (AvgIpc) is 2.73. The Hall–Kier alpha value is -2.66. The van der Waals surface area contributed by atoms with Crippen molar-refractivity contribution in [2.75, 3.05) is 18.4 Å². The Morgan fingerprint density at radius 1 is 1.07 bits per heavy atom. The zero-order chi connectivity index (χ0) is 19.1. The lowest BCUT2D eigenvalue weighted by molar-refractivity contribution is -0.129. The third-order valence-electron chi connectivity index (χ3n) is 5.10. The minimum absolute atomic E-state index is 0.00275. The predicted octanol–water partition coefficient (Wildman–Crippen LogP) is 3.04. The van der Waals surface area contributed by atoms with Crippen LogP contribution in [0.4, 0.5) is 5.69 Å². The van der Waals surface area contributed by atoms with E-state index in [1.807, 2.05) is 67.6 Å². The van der Waals surface area contributed by atoms with Crippen molar-refractivity contribution < 1.29 is 9.59 Å². The average molecular weight is 365 g/mol. The van der Waals surface area contributed by atoms with Crippen LogP contribution in [0.15, 0.2) is 60.7 Å². The van der Waals surface area contributed by atoms with Crippen LogP contribution < -0.4 is 10.6 Å². The largest absolute Gasteiger partial charge is 0.351 e. The van der Waals surface area contributed by atoms with Gasteiger partial charge < -0.3 is 10.6 Å². The van der Waals surface area contributed by atoms with Crippen LogP contribution in [-0.4, -0.2) is 35.8 Å². The molecule has 2 atom stereocenters. The number of likely N-dealkylation sites (tertiary alicyclic amines) is 1. The first kappa shape index (κ1) is 19.1. The maximum absolute atomic E-state index is 12.6. The molecule has 2 aromatic rings. The summed E-state index contributed by atoms with van der Waals surface area (Å²) in [5.74, 6) is -0.0610. The maximum atomic E-state index is 12.6.